The lowest BCUT2D eigenvalue weighted by Gasteiger charge is -2.12. The van der Waals surface area contributed by atoms with E-state index in [2.05, 4.69) is 0 Å². The first-order valence-electron chi connectivity index (χ1n) is 5.39. The van der Waals surface area contributed by atoms with Crippen molar-refractivity contribution in [3.8, 4) is 0 Å². The lowest BCUT2D eigenvalue weighted by molar-refractivity contribution is -0.139. The second kappa shape index (κ2) is 3.64. The van der Waals surface area contributed by atoms with Gasteiger partial charge in [0.25, 0.3) is 0 Å². The number of allylic oxidation sites excluding steroid dienone is 1. The Kier molecular flexibility index (Phi) is 2.48. The van der Waals surface area contributed by atoms with Crippen LogP contribution in [-0.4, -0.2) is 12.6 Å². The fourth-order valence-electron chi connectivity index (χ4n) is 2.78. The molecule has 0 aromatic rings. The maximum absolute atomic E-state index is 11.6. The van der Waals surface area contributed by atoms with E-state index in [1.807, 2.05) is 6.92 Å². The van der Waals surface area contributed by atoms with Crippen molar-refractivity contribution in [2.75, 3.05) is 6.61 Å². The minimum Gasteiger partial charge on any atom is -0.463 e. The van der Waals surface area contributed by atoms with E-state index >= 15 is 0 Å². The van der Waals surface area contributed by atoms with Crippen molar-refractivity contribution >= 4 is 5.97 Å². The number of fused-ring (bicyclic) bond motifs is 1. The third kappa shape index (κ3) is 1.41. The van der Waals surface area contributed by atoms with Gasteiger partial charge in [0.1, 0.15) is 0 Å². The van der Waals surface area contributed by atoms with E-state index < -0.39 is 0 Å². The van der Waals surface area contributed by atoms with Crippen molar-refractivity contribution in [1.29, 1.82) is 0 Å². The van der Waals surface area contributed by atoms with E-state index in [-0.39, 0.29) is 5.97 Å². The summed E-state index contributed by atoms with van der Waals surface area (Å²) < 4.78 is 5.03. The number of rotatable bonds is 2. The Balaban J connectivity index is 2.15. The van der Waals surface area contributed by atoms with E-state index in [4.69, 9.17) is 10.5 Å². The van der Waals surface area contributed by atoms with Crippen LogP contribution in [0.15, 0.2) is 11.3 Å². The predicted molar refractivity (Wildman–Crippen MR) is 53.3 cm³/mol. The highest BCUT2D eigenvalue weighted by Crippen LogP contribution is 2.46. The van der Waals surface area contributed by atoms with Crippen molar-refractivity contribution in [3.05, 3.63) is 11.3 Å². The highest BCUT2D eigenvalue weighted by molar-refractivity contribution is 5.90. The molecule has 2 aliphatic rings. The molecule has 78 valence electrons. The van der Waals surface area contributed by atoms with Crippen molar-refractivity contribution in [1.82, 2.24) is 0 Å². The summed E-state index contributed by atoms with van der Waals surface area (Å²) >= 11 is 0. The molecule has 2 N–H and O–H groups in total. The van der Waals surface area contributed by atoms with Crippen LogP contribution < -0.4 is 5.73 Å². The zero-order chi connectivity index (χ0) is 10.1. The topological polar surface area (TPSA) is 52.3 Å². The van der Waals surface area contributed by atoms with Gasteiger partial charge in [-0.25, -0.2) is 4.79 Å². The Morgan fingerprint density at radius 2 is 2.36 bits per heavy atom. The third-order valence-electron chi connectivity index (χ3n) is 3.35. The number of ether oxygens (including phenoxy) is 1. The summed E-state index contributed by atoms with van der Waals surface area (Å²) in [5, 5.41) is 0. The van der Waals surface area contributed by atoms with Gasteiger partial charge in [0, 0.05) is 5.70 Å². The number of carbonyl (C=O) groups is 1. The molecule has 0 aliphatic heterocycles. The predicted octanol–water partition coefficient (Wildman–Crippen LogP) is 1.58. The summed E-state index contributed by atoms with van der Waals surface area (Å²) in [5.74, 6) is 0.836. The second-order valence-corrected chi connectivity index (χ2v) is 4.16. The first-order chi connectivity index (χ1) is 6.74. The average molecular weight is 195 g/mol. The molecule has 3 nitrogen and oxygen atoms in total. The molecule has 1 saturated carbocycles. The van der Waals surface area contributed by atoms with Gasteiger partial charge in [-0.05, 0) is 38.0 Å². The van der Waals surface area contributed by atoms with Crippen LogP contribution in [0.3, 0.4) is 0 Å². The van der Waals surface area contributed by atoms with Gasteiger partial charge in [0.05, 0.1) is 12.2 Å². The SMILES string of the molecule is CCOC(=O)C1=C(N)CC2CCCC12. The lowest BCUT2D eigenvalue weighted by Crippen LogP contribution is -2.16. The summed E-state index contributed by atoms with van der Waals surface area (Å²) in [5.41, 5.74) is 7.44. The molecule has 0 aromatic heterocycles. The molecule has 0 heterocycles. The molecule has 0 saturated heterocycles. The molecule has 2 atom stereocenters. The molecule has 2 aliphatic carbocycles. The van der Waals surface area contributed by atoms with Crippen molar-refractivity contribution in [2.45, 2.75) is 32.6 Å². The molecule has 14 heavy (non-hydrogen) atoms. The summed E-state index contributed by atoms with van der Waals surface area (Å²) in [6.07, 6.45) is 4.46. The van der Waals surface area contributed by atoms with E-state index in [1.165, 1.54) is 12.8 Å². The molecule has 2 unspecified atom stereocenters. The number of nitrogens with two attached hydrogens (primary N) is 1. The van der Waals surface area contributed by atoms with Crippen LogP contribution in [0.2, 0.25) is 0 Å². The van der Waals surface area contributed by atoms with Gasteiger partial charge < -0.3 is 10.5 Å². The van der Waals surface area contributed by atoms with Gasteiger partial charge in [0.2, 0.25) is 0 Å². The molecule has 3 heteroatoms. The number of hydrogen-bond acceptors (Lipinski definition) is 3. The molecule has 2 rings (SSSR count). The Hall–Kier alpha value is -0.990. The average Bonchev–Trinajstić information content (AvgIpc) is 2.63. The fraction of sp³-hybridized carbons (Fsp3) is 0.727. The Morgan fingerprint density at radius 3 is 3.07 bits per heavy atom. The smallest absolute Gasteiger partial charge is 0.336 e. The summed E-state index contributed by atoms with van der Waals surface area (Å²) in [6.45, 7) is 2.27. The van der Waals surface area contributed by atoms with Gasteiger partial charge in [-0.2, -0.15) is 0 Å². The normalized spacial score (nSPS) is 30.6. The summed E-state index contributed by atoms with van der Waals surface area (Å²) in [6, 6.07) is 0. The highest BCUT2D eigenvalue weighted by atomic mass is 16.5. The molecule has 1 fully saturated rings. The standard InChI is InChI=1S/C11H17NO2/c1-2-14-11(13)10-8-5-3-4-7(8)6-9(10)12/h7-8H,2-6,12H2,1H3. The first-order valence-corrected chi connectivity index (χ1v) is 5.39. The van der Waals surface area contributed by atoms with Gasteiger partial charge in [-0.15, -0.1) is 0 Å². The summed E-state index contributed by atoms with van der Waals surface area (Å²) in [7, 11) is 0. The number of hydrogen-bond donors (Lipinski definition) is 1. The highest BCUT2D eigenvalue weighted by Gasteiger charge is 2.40. The van der Waals surface area contributed by atoms with Gasteiger partial charge >= 0.3 is 5.97 Å². The van der Waals surface area contributed by atoms with E-state index in [9.17, 15) is 4.79 Å². The van der Waals surface area contributed by atoms with Crippen LogP contribution in [0.1, 0.15) is 32.6 Å². The van der Waals surface area contributed by atoms with Crippen molar-refractivity contribution < 1.29 is 9.53 Å². The quantitative estimate of drug-likeness (QED) is 0.681. The van der Waals surface area contributed by atoms with E-state index in [0.29, 0.717) is 18.4 Å². The Morgan fingerprint density at radius 1 is 1.57 bits per heavy atom. The third-order valence-corrected chi connectivity index (χ3v) is 3.35. The first kappa shape index (κ1) is 9.56. The molecular formula is C11H17NO2. The Bertz CT molecular complexity index is 283. The van der Waals surface area contributed by atoms with Crippen molar-refractivity contribution in [2.24, 2.45) is 17.6 Å². The second-order valence-electron chi connectivity index (χ2n) is 4.16. The zero-order valence-corrected chi connectivity index (χ0v) is 8.58. The van der Waals surface area contributed by atoms with Crippen LogP contribution in [0, 0.1) is 11.8 Å². The minimum atomic E-state index is -0.181. The lowest BCUT2D eigenvalue weighted by atomic mass is 9.95. The molecule has 0 aromatic carbocycles. The molecular weight excluding hydrogens is 178 g/mol. The zero-order valence-electron chi connectivity index (χ0n) is 8.58. The maximum atomic E-state index is 11.6. The van der Waals surface area contributed by atoms with Gasteiger partial charge in [0.15, 0.2) is 0 Å². The monoisotopic (exact) mass is 195 g/mol. The largest absolute Gasteiger partial charge is 0.463 e. The van der Waals surface area contributed by atoms with Gasteiger partial charge in [-0.3, -0.25) is 0 Å². The number of carbonyl (C=O) groups excluding carboxylic acids is 1. The molecule has 0 amide bonds. The van der Waals surface area contributed by atoms with Crippen molar-refractivity contribution in [3.63, 3.8) is 0 Å². The molecule has 0 radical (unpaired) electrons. The summed E-state index contributed by atoms with van der Waals surface area (Å²) in [4.78, 5) is 11.6. The maximum Gasteiger partial charge on any atom is 0.336 e. The van der Waals surface area contributed by atoms with Gasteiger partial charge in [-0.1, -0.05) is 6.42 Å². The van der Waals surface area contributed by atoms with E-state index in [0.717, 1.165) is 24.1 Å². The van der Waals surface area contributed by atoms with Crippen LogP contribution in [-0.2, 0) is 9.53 Å². The minimum absolute atomic E-state index is 0.181. The van der Waals surface area contributed by atoms with Crippen LogP contribution in [0.4, 0.5) is 0 Å². The van der Waals surface area contributed by atoms with Crippen LogP contribution in [0.25, 0.3) is 0 Å². The van der Waals surface area contributed by atoms with E-state index in [1.54, 1.807) is 0 Å². The fourth-order valence-corrected chi connectivity index (χ4v) is 2.78. The molecule has 0 bridgehead atoms. The van der Waals surface area contributed by atoms with Crippen LogP contribution in [0.5, 0.6) is 0 Å². The number of esters is 1. The Labute approximate surface area is 84.3 Å². The molecule has 0 spiro atoms. The van der Waals surface area contributed by atoms with Crippen LogP contribution >= 0.6 is 0 Å².